The first kappa shape index (κ1) is 29.6. The van der Waals surface area contributed by atoms with Crippen LogP contribution in [0, 0.1) is 28.6 Å². The molecule has 4 aliphatic rings. The molecule has 3 heterocycles. The number of nitrogens with zero attached hydrogens (tertiary/aromatic N) is 2. The number of hydrogen-bond donors (Lipinski definition) is 3. The van der Waals surface area contributed by atoms with Gasteiger partial charge in [-0.05, 0) is 37.5 Å². The predicted molar refractivity (Wildman–Crippen MR) is 122 cm³/mol. The van der Waals surface area contributed by atoms with Crippen molar-refractivity contribution in [2.45, 2.75) is 95.6 Å². The monoisotopic (exact) mass is 549 g/mol. The molecule has 0 unspecified atom stereocenters. The second-order valence-corrected chi connectivity index (χ2v) is 11.3. The number of carbonyl (C=O) groups is 4. The van der Waals surface area contributed by atoms with Crippen LogP contribution in [-0.2, 0) is 19.2 Å². The second kappa shape index (κ2) is 10.6. The summed E-state index contributed by atoms with van der Waals surface area (Å²) < 4.78 is 68.9. The van der Waals surface area contributed by atoms with Gasteiger partial charge >= 0.3 is 12.1 Å². The van der Waals surface area contributed by atoms with E-state index in [4.69, 9.17) is 0 Å². The van der Waals surface area contributed by atoms with E-state index in [1.807, 2.05) is 6.07 Å². The van der Waals surface area contributed by atoms with Crippen LogP contribution in [0.1, 0.15) is 59.3 Å². The normalized spacial score (nSPS) is 28.5. The molecule has 38 heavy (non-hydrogen) atoms. The minimum Gasteiger partial charge on any atom is -0.356 e. The molecule has 0 radical (unpaired) electrons. The molecule has 1 aliphatic carbocycles. The quantitative estimate of drug-likeness (QED) is 0.437. The number of halogens is 5. The van der Waals surface area contributed by atoms with Crippen LogP contribution in [-0.4, -0.2) is 71.3 Å². The maximum atomic E-state index is 14.9. The molecule has 1 saturated carbocycles. The zero-order valence-corrected chi connectivity index (χ0v) is 21.3. The smallest absolute Gasteiger partial charge is 0.356 e. The molecular weight excluding hydrogens is 517 g/mol. The minimum atomic E-state index is -5.29. The van der Waals surface area contributed by atoms with Crippen molar-refractivity contribution in [3.05, 3.63) is 0 Å². The summed E-state index contributed by atoms with van der Waals surface area (Å²) >= 11 is 0. The number of nitriles is 1. The Balaban J connectivity index is 1.90. The maximum absolute atomic E-state index is 14.9. The number of nitrogens with one attached hydrogen (secondary N) is 3. The van der Waals surface area contributed by atoms with Gasteiger partial charge in [0.05, 0.1) is 12.0 Å². The van der Waals surface area contributed by atoms with Gasteiger partial charge in [-0.1, -0.05) is 20.8 Å². The summed E-state index contributed by atoms with van der Waals surface area (Å²) in [6, 6.07) is -4.06. The summed E-state index contributed by atoms with van der Waals surface area (Å²) in [6.45, 7) is 4.69. The Morgan fingerprint density at radius 3 is 2.34 bits per heavy atom. The second-order valence-electron chi connectivity index (χ2n) is 11.3. The summed E-state index contributed by atoms with van der Waals surface area (Å²) in [5, 5.41) is 16.3. The summed E-state index contributed by atoms with van der Waals surface area (Å²) in [5.41, 5.74) is -1.26. The third-order valence-electron chi connectivity index (χ3n) is 7.50. The van der Waals surface area contributed by atoms with Gasteiger partial charge in [-0.2, -0.15) is 18.4 Å². The zero-order valence-electron chi connectivity index (χ0n) is 21.3. The van der Waals surface area contributed by atoms with Crippen LogP contribution in [0.3, 0.4) is 0 Å². The van der Waals surface area contributed by atoms with E-state index in [1.165, 1.54) is 20.8 Å². The number of alkyl halides is 5. The van der Waals surface area contributed by atoms with Crippen LogP contribution in [0.25, 0.3) is 0 Å². The van der Waals surface area contributed by atoms with Gasteiger partial charge in [-0.15, -0.1) is 0 Å². The van der Waals surface area contributed by atoms with Crippen LogP contribution >= 0.6 is 0 Å². The van der Waals surface area contributed by atoms with Crippen molar-refractivity contribution < 1.29 is 41.1 Å². The Morgan fingerprint density at radius 2 is 1.82 bits per heavy atom. The van der Waals surface area contributed by atoms with Crippen LogP contribution in [0.5, 0.6) is 0 Å². The average Bonchev–Trinajstić information content (AvgIpc) is 2.80. The van der Waals surface area contributed by atoms with Crippen molar-refractivity contribution in [3.63, 3.8) is 0 Å². The van der Waals surface area contributed by atoms with Gasteiger partial charge in [0.15, 0.2) is 0 Å². The first-order valence-corrected chi connectivity index (χ1v) is 12.5. The average molecular weight is 550 g/mol. The number of fused-ring (bicyclic) bond motifs is 3. The lowest BCUT2D eigenvalue weighted by Crippen LogP contribution is -2.71. The fraction of sp³-hybridized carbons (Fsp3) is 0.792. The molecule has 0 aromatic rings. The fourth-order valence-electron chi connectivity index (χ4n) is 5.58. The molecule has 3 N–H and O–H groups in total. The molecule has 4 rings (SSSR count). The van der Waals surface area contributed by atoms with Crippen LogP contribution < -0.4 is 16.0 Å². The lowest BCUT2D eigenvalue weighted by Gasteiger charge is -2.55. The molecule has 4 fully saturated rings. The Kier molecular flexibility index (Phi) is 8.29. The van der Waals surface area contributed by atoms with E-state index < -0.39 is 77.7 Å². The Labute approximate surface area is 216 Å². The van der Waals surface area contributed by atoms with Crippen LogP contribution in [0.2, 0.25) is 0 Å². The summed E-state index contributed by atoms with van der Waals surface area (Å²) in [7, 11) is 0. The van der Waals surface area contributed by atoms with E-state index in [0.717, 1.165) is 4.90 Å². The summed E-state index contributed by atoms with van der Waals surface area (Å²) in [4.78, 5) is 51.7. The van der Waals surface area contributed by atoms with Gasteiger partial charge in [0.25, 0.3) is 5.92 Å². The number of carbonyl (C=O) groups excluding carboxylic acids is 4. The van der Waals surface area contributed by atoms with Crippen molar-refractivity contribution in [3.8, 4) is 6.07 Å². The van der Waals surface area contributed by atoms with Crippen LogP contribution in [0.4, 0.5) is 22.0 Å². The van der Waals surface area contributed by atoms with E-state index >= 15 is 0 Å². The number of hydrogen-bond acceptors (Lipinski definition) is 5. The summed E-state index contributed by atoms with van der Waals surface area (Å²) in [5.74, 6) is -10.3. The third kappa shape index (κ3) is 6.18. The highest BCUT2D eigenvalue weighted by Crippen LogP contribution is 2.49. The lowest BCUT2D eigenvalue weighted by atomic mass is 9.70. The molecule has 3 aliphatic heterocycles. The Bertz CT molecular complexity index is 1010. The third-order valence-corrected chi connectivity index (χ3v) is 7.50. The molecular formula is C24H32F5N5O4. The maximum Gasteiger partial charge on any atom is 0.471 e. The highest BCUT2D eigenvalue weighted by Gasteiger charge is 2.61. The number of amides is 4. The van der Waals surface area contributed by atoms with Gasteiger partial charge < -0.3 is 20.9 Å². The molecule has 4 amide bonds. The largest absolute Gasteiger partial charge is 0.471 e. The Morgan fingerprint density at radius 1 is 1.16 bits per heavy atom. The molecule has 0 spiro atoms. The summed E-state index contributed by atoms with van der Waals surface area (Å²) in [6.07, 6.45) is -5.00. The minimum absolute atomic E-state index is 0.0640. The zero-order chi connectivity index (χ0) is 28.6. The first-order valence-electron chi connectivity index (χ1n) is 12.5. The van der Waals surface area contributed by atoms with E-state index in [0.29, 0.717) is 19.4 Å². The van der Waals surface area contributed by atoms with E-state index in [2.05, 4.69) is 10.6 Å². The van der Waals surface area contributed by atoms with Gasteiger partial charge in [0, 0.05) is 24.9 Å². The van der Waals surface area contributed by atoms with Crippen LogP contribution in [0.15, 0.2) is 0 Å². The van der Waals surface area contributed by atoms with Gasteiger partial charge in [-0.25, -0.2) is 8.78 Å². The number of piperidine rings is 3. The van der Waals surface area contributed by atoms with E-state index in [9.17, 15) is 46.4 Å². The topological polar surface area (TPSA) is 131 Å². The standard InChI is InChI=1S/C24H32F5N5O4/c1-22(2,3)17(33-21(38)24(27,28)29)20(37)34-14-6-7-15(23(25,26)10-14)16(34)19(36)32-13(11-30)9-12-5-4-8-31-18(12)35/h12-17H,4-10H2,1-3H3,(H,31,35)(H,32,36)(H,33,38)/t12-,13+,14+,15+,16+,17-/m0/s1. The predicted octanol–water partition coefficient (Wildman–Crippen LogP) is 2.02. The highest BCUT2D eigenvalue weighted by molar-refractivity contribution is 5.94. The van der Waals surface area contributed by atoms with Gasteiger partial charge in [0.2, 0.25) is 17.7 Å². The number of rotatable bonds is 6. The molecule has 2 bridgehead atoms. The van der Waals surface area contributed by atoms with Crippen molar-refractivity contribution in [2.24, 2.45) is 17.3 Å². The Hall–Kier alpha value is -2.98. The highest BCUT2D eigenvalue weighted by atomic mass is 19.4. The first-order chi connectivity index (χ1) is 17.5. The molecule has 212 valence electrons. The van der Waals surface area contributed by atoms with Crippen molar-refractivity contribution in [1.82, 2.24) is 20.9 Å². The molecule has 0 aromatic carbocycles. The fourth-order valence-corrected chi connectivity index (χ4v) is 5.58. The van der Waals surface area contributed by atoms with Crippen molar-refractivity contribution in [2.75, 3.05) is 6.54 Å². The molecule has 6 atom stereocenters. The lowest BCUT2D eigenvalue weighted by molar-refractivity contribution is -0.197. The molecule has 14 heteroatoms. The van der Waals surface area contributed by atoms with Gasteiger partial charge in [0.1, 0.15) is 18.1 Å². The van der Waals surface area contributed by atoms with Crippen molar-refractivity contribution >= 4 is 23.6 Å². The van der Waals surface area contributed by atoms with Gasteiger partial charge in [-0.3, -0.25) is 19.2 Å². The SMILES string of the molecule is CC(C)(C)[C@@H](NC(=O)C(F)(F)F)C(=O)N1[C@@H]2CC[C@H]([C@@H]1C(=O)N[C@@H](C#N)C[C@@H]1CCCNC1=O)C(F)(F)C2. The van der Waals surface area contributed by atoms with E-state index in [-0.39, 0.29) is 25.2 Å². The molecule has 0 aromatic heterocycles. The molecule has 9 nitrogen and oxygen atoms in total. The molecule has 3 saturated heterocycles. The van der Waals surface area contributed by atoms with E-state index in [1.54, 1.807) is 5.32 Å². The van der Waals surface area contributed by atoms with Crippen molar-refractivity contribution in [1.29, 1.82) is 5.26 Å².